The van der Waals surface area contributed by atoms with Gasteiger partial charge < -0.3 is 19.5 Å². The van der Waals surface area contributed by atoms with E-state index in [-0.39, 0.29) is 23.0 Å². The van der Waals surface area contributed by atoms with Crippen molar-refractivity contribution in [1.29, 1.82) is 0 Å². The summed E-state index contributed by atoms with van der Waals surface area (Å²) in [5.41, 5.74) is 0.188. The number of nitrogens with zero attached hydrogens (tertiary/aromatic N) is 3. The predicted molar refractivity (Wildman–Crippen MR) is 105 cm³/mol. The van der Waals surface area contributed by atoms with Gasteiger partial charge in [0.1, 0.15) is 23.2 Å². The summed E-state index contributed by atoms with van der Waals surface area (Å²) in [7, 11) is 1.99. The second-order valence-electron chi connectivity index (χ2n) is 8.37. The van der Waals surface area contributed by atoms with E-state index >= 15 is 8.78 Å². The van der Waals surface area contributed by atoms with Crippen LogP contribution in [0.4, 0.5) is 18.9 Å². The van der Waals surface area contributed by atoms with Crippen molar-refractivity contribution in [3.63, 3.8) is 0 Å². The molecule has 0 unspecified atom stereocenters. The third-order valence-electron chi connectivity index (χ3n) is 6.29. The number of hydrogen-bond donors (Lipinski definition) is 1. The monoisotopic (exact) mass is 419 g/mol. The number of aromatic carboxylic acids is 1. The minimum absolute atomic E-state index is 0.0923. The molecule has 0 spiro atoms. The van der Waals surface area contributed by atoms with Gasteiger partial charge in [0, 0.05) is 38.8 Å². The molecule has 2 aromatic rings. The Morgan fingerprint density at radius 1 is 1.20 bits per heavy atom. The topological polar surface area (TPSA) is 65.8 Å². The van der Waals surface area contributed by atoms with Gasteiger partial charge in [0.05, 0.1) is 16.9 Å². The normalized spacial score (nSPS) is 23.9. The average Bonchev–Trinajstić information content (AvgIpc) is 3.26. The largest absolute Gasteiger partial charge is 0.477 e. The van der Waals surface area contributed by atoms with Crippen LogP contribution in [0.15, 0.2) is 28.2 Å². The van der Waals surface area contributed by atoms with Gasteiger partial charge in [0.25, 0.3) is 0 Å². The van der Waals surface area contributed by atoms with Crippen molar-refractivity contribution in [3.05, 3.63) is 50.8 Å². The van der Waals surface area contributed by atoms with Gasteiger partial charge in [0.15, 0.2) is 5.82 Å². The molecule has 0 radical (unpaired) electrons. The molecule has 9 heteroatoms. The Bertz CT molecular complexity index is 1190. The Hall–Kier alpha value is -2.81. The van der Waals surface area contributed by atoms with Crippen molar-refractivity contribution in [2.45, 2.75) is 25.1 Å². The third kappa shape index (κ3) is 2.83. The first kappa shape index (κ1) is 19.2. The molecule has 1 N–H and O–H groups in total. The van der Waals surface area contributed by atoms with Crippen molar-refractivity contribution in [1.82, 2.24) is 9.47 Å². The first-order chi connectivity index (χ1) is 14.3. The van der Waals surface area contributed by atoms with Gasteiger partial charge in [-0.15, -0.1) is 0 Å². The van der Waals surface area contributed by atoms with Crippen LogP contribution in [-0.4, -0.2) is 59.9 Å². The number of carboxylic acids is 1. The van der Waals surface area contributed by atoms with E-state index in [1.165, 1.54) is 0 Å². The fourth-order valence-corrected chi connectivity index (χ4v) is 4.62. The second kappa shape index (κ2) is 6.60. The molecule has 1 aromatic heterocycles. The number of aromatic nitrogens is 1. The van der Waals surface area contributed by atoms with Crippen LogP contribution in [0.25, 0.3) is 10.9 Å². The fraction of sp³-hybridized carbons (Fsp3) is 0.429. The molecular formula is C21H20F3N3O3. The summed E-state index contributed by atoms with van der Waals surface area (Å²) in [5.74, 6) is -3.39. The smallest absolute Gasteiger partial charge is 0.341 e. The zero-order valence-corrected chi connectivity index (χ0v) is 16.3. The number of carboxylic acid groups (broad SMARTS) is 1. The molecule has 2 aliphatic heterocycles. The highest BCUT2D eigenvalue weighted by Gasteiger charge is 2.41. The number of carbonyl (C=O) groups is 1. The zero-order chi connectivity index (χ0) is 21.3. The van der Waals surface area contributed by atoms with Crippen LogP contribution in [0.1, 0.15) is 29.2 Å². The Balaban J connectivity index is 1.68. The van der Waals surface area contributed by atoms with Crippen molar-refractivity contribution in [2.75, 3.05) is 38.1 Å². The van der Waals surface area contributed by atoms with Crippen molar-refractivity contribution in [3.8, 4) is 0 Å². The first-order valence-electron chi connectivity index (χ1n) is 9.83. The Morgan fingerprint density at radius 3 is 2.57 bits per heavy atom. The van der Waals surface area contributed by atoms with E-state index in [2.05, 4.69) is 4.90 Å². The van der Waals surface area contributed by atoms with Crippen LogP contribution in [0, 0.1) is 11.6 Å². The van der Waals surface area contributed by atoms with Crippen LogP contribution in [0.5, 0.6) is 0 Å². The molecule has 1 aliphatic carbocycles. The number of hydrogen-bond acceptors (Lipinski definition) is 4. The molecule has 0 saturated heterocycles. The van der Waals surface area contributed by atoms with Crippen LogP contribution in [0.2, 0.25) is 0 Å². The van der Waals surface area contributed by atoms with Crippen molar-refractivity contribution in [2.24, 2.45) is 0 Å². The SMILES string of the molecule is CN1CCC2=C(C1)CN(c1c(F)cc3c(=O)c(C(=O)O)cn([C@@H]4C[C@@H]4F)c3c1F)C2. The molecular weight excluding hydrogens is 399 g/mol. The molecule has 0 amide bonds. The van der Waals surface area contributed by atoms with Gasteiger partial charge in [-0.25, -0.2) is 18.0 Å². The number of anilines is 1. The molecule has 2 atom stereocenters. The highest BCUT2D eigenvalue weighted by Crippen LogP contribution is 2.43. The first-order valence-corrected chi connectivity index (χ1v) is 9.83. The standard InChI is InChI=1S/C21H20F3N3O3/c1-25-3-2-10-7-26(8-11(10)6-25)19-15(23)4-12-18(17(19)24)27(16-5-14(16)22)9-13(20(12)28)21(29)30/h4,9,14,16H,2-3,5-8H2,1H3,(H,29,30)/t14-,16+/m0/s1. The molecule has 3 heterocycles. The van der Waals surface area contributed by atoms with Gasteiger partial charge in [-0.1, -0.05) is 0 Å². The third-order valence-corrected chi connectivity index (χ3v) is 6.29. The number of fused-ring (bicyclic) bond motifs is 1. The van der Waals surface area contributed by atoms with Gasteiger partial charge >= 0.3 is 5.97 Å². The summed E-state index contributed by atoms with van der Waals surface area (Å²) >= 11 is 0. The number of likely N-dealkylation sites (N-methyl/N-ethyl adjacent to an activating group) is 1. The molecule has 1 fully saturated rings. The lowest BCUT2D eigenvalue weighted by Crippen LogP contribution is -2.28. The van der Waals surface area contributed by atoms with Crippen LogP contribution >= 0.6 is 0 Å². The van der Waals surface area contributed by atoms with E-state index in [4.69, 9.17) is 0 Å². The van der Waals surface area contributed by atoms with Gasteiger partial charge in [0.2, 0.25) is 5.43 Å². The van der Waals surface area contributed by atoms with Gasteiger partial charge in [-0.2, -0.15) is 0 Å². The van der Waals surface area contributed by atoms with Crippen LogP contribution in [-0.2, 0) is 0 Å². The molecule has 5 rings (SSSR count). The maximum atomic E-state index is 15.7. The number of benzene rings is 1. The number of pyridine rings is 1. The van der Waals surface area contributed by atoms with E-state index in [0.717, 1.165) is 47.5 Å². The van der Waals surface area contributed by atoms with E-state index in [9.17, 15) is 19.1 Å². The molecule has 30 heavy (non-hydrogen) atoms. The van der Waals surface area contributed by atoms with Gasteiger partial charge in [-0.05, 0) is 30.7 Å². The predicted octanol–water partition coefficient (Wildman–Crippen LogP) is 2.71. The number of halogens is 3. The summed E-state index contributed by atoms with van der Waals surface area (Å²) in [6, 6.07) is 0.121. The second-order valence-corrected chi connectivity index (χ2v) is 8.37. The molecule has 6 nitrogen and oxygen atoms in total. The van der Waals surface area contributed by atoms with Crippen LogP contribution < -0.4 is 10.3 Å². The average molecular weight is 419 g/mol. The number of alkyl halides is 1. The molecule has 3 aliphatic rings. The van der Waals surface area contributed by atoms with Crippen LogP contribution in [0.3, 0.4) is 0 Å². The lowest BCUT2D eigenvalue weighted by molar-refractivity contribution is 0.0694. The maximum absolute atomic E-state index is 15.7. The molecule has 0 bridgehead atoms. The summed E-state index contributed by atoms with van der Waals surface area (Å²) in [6.07, 6.45) is 0.637. The lowest BCUT2D eigenvalue weighted by atomic mass is 10.0. The number of rotatable bonds is 3. The summed E-state index contributed by atoms with van der Waals surface area (Å²) in [6.45, 7) is 2.40. The van der Waals surface area contributed by atoms with E-state index in [1.807, 2.05) is 7.05 Å². The molecule has 1 saturated carbocycles. The van der Waals surface area contributed by atoms with Gasteiger partial charge in [-0.3, -0.25) is 4.79 Å². The lowest BCUT2D eigenvalue weighted by Gasteiger charge is -2.23. The minimum atomic E-state index is -1.52. The highest BCUT2D eigenvalue weighted by molar-refractivity contribution is 5.94. The quantitative estimate of drug-likeness (QED) is 0.775. The molecule has 158 valence electrons. The Labute approximate surface area is 169 Å². The minimum Gasteiger partial charge on any atom is -0.477 e. The maximum Gasteiger partial charge on any atom is 0.341 e. The highest BCUT2D eigenvalue weighted by atomic mass is 19.1. The summed E-state index contributed by atoms with van der Waals surface area (Å²) in [4.78, 5) is 27.8. The van der Waals surface area contributed by atoms with E-state index in [0.29, 0.717) is 13.1 Å². The summed E-state index contributed by atoms with van der Waals surface area (Å²) in [5, 5.41) is 8.93. The zero-order valence-electron chi connectivity index (χ0n) is 16.3. The Kier molecular flexibility index (Phi) is 4.22. The van der Waals surface area contributed by atoms with E-state index in [1.54, 1.807) is 4.90 Å². The van der Waals surface area contributed by atoms with Crippen molar-refractivity contribution < 1.29 is 23.1 Å². The molecule has 1 aromatic carbocycles. The van der Waals surface area contributed by atoms with Crippen molar-refractivity contribution >= 4 is 22.6 Å². The Morgan fingerprint density at radius 2 is 1.90 bits per heavy atom. The fourth-order valence-electron chi connectivity index (χ4n) is 4.62. The summed E-state index contributed by atoms with van der Waals surface area (Å²) < 4.78 is 45.7. The van der Waals surface area contributed by atoms with E-state index < -0.39 is 40.8 Å².